The summed E-state index contributed by atoms with van der Waals surface area (Å²) in [5, 5.41) is 3.36. The quantitative estimate of drug-likeness (QED) is 0.862. The van der Waals surface area contributed by atoms with E-state index in [0.717, 1.165) is 88.8 Å². The van der Waals surface area contributed by atoms with E-state index in [4.69, 9.17) is 9.15 Å². The van der Waals surface area contributed by atoms with E-state index in [1.54, 1.807) is 0 Å². The lowest BCUT2D eigenvalue weighted by molar-refractivity contribution is 0.0311. The van der Waals surface area contributed by atoms with Crippen LogP contribution in [-0.4, -0.2) is 60.6 Å². The van der Waals surface area contributed by atoms with Gasteiger partial charge in [0, 0.05) is 31.7 Å². The zero-order valence-electron chi connectivity index (χ0n) is 16.9. The van der Waals surface area contributed by atoms with Gasteiger partial charge in [-0.15, -0.1) is 0 Å². The second-order valence-electron chi connectivity index (χ2n) is 8.61. The first-order chi connectivity index (χ1) is 14.2. The molecule has 2 fully saturated rings. The summed E-state index contributed by atoms with van der Waals surface area (Å²) < 4.78 is 11.5. The lowest BCUT2D eigenvalue weighted by Crippen LogP contribution is -2.49. The van der Waals surface area contributed by atoms with Crippen molar-refractivity contribution in [3.63, 3.8) is 0 Å². The van der Waals surface area contributed by atoms with E-state index in [1.807, 2.05) is 18.2 Å². The Morgan fingerprint density at radius 2 is 1.69 bits per heavy atom. The Morgan fingerprint density at radius 3 is 2.52 bits per heavy atom. The third kappa shape index (κ3) is 4.10. The molecule has 0 unspecified atom stereocenters. The smallest absolute Gasteiger partial charge is 0.252 e. The number of ether oxygens (including phenoxy) is 1. The third-order valence-electron chi connectivity index (χ3n) is 6.53. The van der Waals surface area contributed by atoms with Crippen molar-refractivity contribution in [1.29, 1.82) is 0 Å². The van der Waals surface area contributed by atoms with Gasteiger partial charge in [-0.1, -0.05) is 18.2 Å². The van der Waals surface area contributed by atoms with Crippen LogP contribution in [-0.2, 0) is 24.2 Å². The van der Waals surface area contributed by atoms with Gasteiger partial charge in [0.2, 0.25) is 0 Å². The van der Waals surface area contributed by atoms with Gasteiger partial charge in [0.15, 0.2) is 0 Å². The van der Waals surface area contributed by atoms with Gasteiger partial charge in [0.1, 0.15) is 11.5 Å². The molecule has 3 aliphatic rings. The van der Waals surface area contributed by atoms with Gasteiger partial charge >= 0.3 is 0 Å². The molecule has 1 spiro atoms. The summed E-state index contributed by atoms with van der Waals surface area (Å²) in [4.78, 5) is 17.5. The van der Waals surface area contributed by atoms with Crippen LogP contribution in [0.15, 0.2) is 40.8 Å². The van der Waals surface area contributed by atoms with Gasteiger partial charge in [-0.25, -0.2) is 0 Å². The molecule has 1 atom stereocenters. The highest BCUT2D eigenvalue weighted by Gasteiger charge is 2.41. The summed E-state index contributed by atoms with van der Waals surface area (Å²) in [6.45, 7) is 7.05. The number of hydrogen-bond donors (Lipinski definition) is 1. The van der Waals surface area contributed by atoms with Crippen molar-refractivity contribution in [3.05, 3.63) is 59.0 Å². The maximum Gasteiger partial charge on any atom is 0.252 e. The lowest BCUT2D eigenvalue weighted by atomic mass is 9.91. The number of amides is 1. The molecule has 6 nitrogen and oxygen atoms in total. The Hall–Kier alpha value is -2.15. The lowest BCUT2D eigenvalue weighted by Gasteiger charge is -2.29. The first kappa shape index (κ1) is 18.9. The van der Waals surface area contributed by atoms with Crippen LogP contribution in [0.3, 0.4) is 0 Å². The molecule has 2 saturated heterocycles. The summed E-state index contributed by atoms with van der Waals surface area (Å²) in [7, 11) is 0. The highest BCUT2D eigenvalue weighted by atomic mass is 16.5. The summed E-state index contributed by atoms with van der Waals surface area (Å²) in [5.41, 5.74) is 1.88. The monoisotopic (exact) mass is 395 g/mol. The molecule has 4 heterocycles. The number of carbonyl (C=O) groups is 1. The van der Waals surface area contributed by atoms with E-state index in [1.165, 1.54) is 5.56 Å². The van der Waals surface area contributed by atoms with E-state index in [-0.39, 0.29) is 11.4 Å². The molecule has 1 aromatic heterocycles. The van der Waals surface area contributed by atoms with Crippen LogP contribution in [0.1, 0.15) is 40.3 Å². The van der Waals surface area contributed by atoms with Gasteiger partial charge < -0.3 is 14.5 Å². The first-order valence-corrected chi connectivity index (χ1v) is 10.7. The van der Waals surface area contributed by atoms with E-state index < -0.39 is 0 Å². The minimum Gasteiger partial charge on any atom is -0.463 e. The van der Waals surface area contributed by atoms with Crippen LogP contribution in [0, 0.1) is 0 Å². The fourth-order valence-corrected chi connectivity index (χ4v) is 4.90. The number of benzene rings is 1. The van der Waals surface area contributed by atoms with Crippen LogP contribution in [0.5, 0.6) is 0 Å². The number of nitrogens with zero attached hydrogens (tertiary/aromatic N) is 2. The molecule has 1 amide bonds. The number of carbonyl (C=O) groups excluding carboxylic acids is 1. The molecular formula is C23H29N3O3. The fraction of sp³-hybridized carbons (Fsp3) is 0.522. The number of aryl methyl sites for hydroxylation is 1. The zero-order valence-corrected chi connectivity index (χ0v) is 16.9. The molecule has 154 valence electrons. The van der Waals surface area contributed by atoms with Crippen LogP contribution in [0.4, 0.5) is 0 Å². The standard InChI is InChI=1S/C23H29N3O3/c27-22-21-4-2-1-3-18(21)7-8-23(24-22)9-10-26(17-23)16-20-6-5-19(29-20)15-25-11-13-28-14-12-25/h1-6H,7-17H2,(H,24,27)/t23-/m1/s1. The second kappa shape index (κ2) is 7.94. The molecule has 0 aliphatic carbocycles. The van der Waals surface area contributed by atoms with Gasteiger partial charge in [-0.2, -0.15) is 0 Å². The number of morpholine rings is 1. The van der Waals surface area contributed by atoms with E-state index in [0.29, 0.717) is 0 Å². The second-order valence-corrected chi connectivity index (χ2v) is 8.61. The summed E-state index contributed by atoms with van der Waals surface area (Å²) in [6.07, 6.45) is 2.94. The van der Waals surface area contributed by atoms with Crippen LogP contribution in [0.25, 0.3) is 0 Å². The molecule has 3 aliphatic heterocycles. The maximum absolute atomic E-state index is 12.8. The number of fused-ring (bicyclic) bond motifs is 1. The van der Waals surface area contributed by atoms with Gasteiger partial charge in [-0.05, 0) is 43.0 Å². The molecule has 6 heteroatoms. The number of furan rings is 1. The van der Waals surface area contributed by atoms with Crippen molar-refractivity contribution >= 4 is 5.91 Å². The van der Waals surface area contributed by atoms with Gasteiger partial charge in [0.05, 0.1) is 31.8 Å². The topological polar surface area (TPSA) is 58.0 Å². The number of likely N-dealkylation sites (tertiary alicyclic amines) is 1. The fourth-order valence-electron chi connectivity index (χ4n) is 4.90. The van der Waals surface area contributed by atoms with Crippen molar-refractivity contribution in [3.8, 4) is 0 Å². The summed E-state index contributed by atoms with van der Waals surface area (Å²) in [6, 6.07) is 12.2. The normalized spacial score (nSPS) is 25.7. The highest BCUT2D eigenvalue weighted by molar-refractivity contribution is 5.96. The average molecular weight is 396 g/mol. The summed E-state index contributed by atoms with van der Waals surface area (Å²) in [5.74, 6) is 2.10. The molecule has 5 rings (SSSR count). The van der Waals surface area contributed by atoms with Crippen LogP contribution in [0.2, 0.25) is 0 Å². The average Bonchev–Trinajstić information content (AvgIpc) is 3.31. The van der Waals surface area contributed by atoms with Crippen molar-refractivity contribution in [1.82, 2.24) is 15.1 Å². The maximum atomic E-state index is 12.8. The Balaban J connectivity index is 1.20. The molecule has 0 saturated carbocycles. The predicted molar refractivity (Wildman–Crippen MR) is 110 cm³/mol. The number of rotatable bonds is 4. The van der Waals surface area contributed by atoms with E-state index in [9.17, 15) is 4.79 Å². The molecule has 0 radical (unpaired) electrons. The van der Waals surface area contributed by atoms with Crippen molar-refractivity contribution in [2.75, 3.05) is 39.4 Å². The third-order valence-corrected chi connectivity index (χ3v) is 6.53. The Kier molecular flexibility index (Phi) is 5.16. The molecule has 2 aromatic rings. The Bertz CT molecular complexity index is 874. The predicted octanol–water partition coefficient (Wildman–Crippen LogP) is 2.43. The molecule has 29 heavy (non-hydrogen) atoms. The minimum absolute atomic E-state index is 0.0748. The van der Waals surface area contributed by atoms with Crippen molar-refractivity contribution < 1.29 is 13.9 Å². The Morgan fingerprint density at radius 1 is 0.931 bits per heavy atom. The van der Waals surface area contributed by atoms with E-state index in [2.05, 4.69) is 33.3 Å². The zero-order chi connectivity index (χ0) is 19.7. The molecule has 0 bridgehead atoms. The summed E-state index contributed by atoms with van der Waals surface area (Å²) >= 11 is 0. The van der Waals surface area contributed by atoms with Crippen LogP contribution < -0.4 is 5.32 Å². The number of hydrogen-bond acceptors (Lipinski definition) is 5. The van der Waals surface area contributed by atoms with Crippen molar-refractivity contribution in [2.24, 2.45) is 0 Å². The molecule has 1 aromatic carbocycles. The van der Waals surface area contributed by atoms with Crippen LogP contribution >= 0.6 is 0 Å². The van der Waals surface area contributed by atoms with E-state index >= 15 is 0 Å². The molecular weight excluding hydrogens is 366 g/mol. The first-order valence-electron chi connectivity index (χ1n) is 10.7. The van der Waals surface area contributed by atoms with Gasteiger partial charge in [-0.3, -0.25) is 14.6 Å². The SMILES string of the molecule is O=C1N[C@]2(CCc3ccccc31)CCN(Cc1ccc(CN3CCOCC3)o1)C2. The van der Waals surface area contributed by atoms with Crippen molar-refractivity contribution in [2.45, 2.75) is 37.9 Å². The van der Waals surface area contributed by atoms with Gasteiger partial charge in [0.25, 0.3) is 5.91 Å². The Labute approximate surface area is 171 Å². The minimum atomic E-state index is -0.126. The molecule has 1 N–H and O–H groups in total. The largest absolute Gasteiger partial charge is 0.463 e. The highest BCUT2D eigenvalue weighted by Crippen LogP contribution is 2.31. The number of nitrogens with one attached hydrogen (secondary N) is 1.